The lowest BCUT2D eigenvalue weighted by atomic mass is 10.0. The molecule has 0 saturated heterocycles. The second-order valence-electron chi connectivity index (χ2n) is 4.78. The minimum absolute atomic E-state index is 0.588. The summed E-state index contributed by atoms with van der Waals surface area (Å²) < 4.78 is 0. The third-order valence-corrected chi connectivity index (χ3v) is 3.23. The van der Waals surface area contributed by atoms with Crippen molar-refractivity contribution in [2.75, 3.05) is 0 Å². The van der Waals surface area contributed by atoms with Gasteiger partial charge in [0.25, 0.3) is 0 Å². The van der Waals surface area contributed by atoms with E-state index in [1.54, 1.807) is 0 Å². The summed E-state index contributed by atoms with van der Waals surface area (Å²) in [5, 5.41) is 3.37. The quantitative estimate of drug-likeness (QED) is 0.563. The molecule has 0 aliphatic carbocycles. The van der Waals surface area contributed by atoms with E-state index in [4.69, 9.17) is 0 Å². The highest BCUT2D eigenvalue weighted by molar-refractivity contribution is 5.11. The molecule has 1 rings (SSSR count). The van der Waals surface area contributed by atoms with E-state index in [2.05, 4.69) is 36.7 Å². The Hall–Kier alpha value is -0.720. The first-order valence-corrected chi connectivity index (χ1v) is 7.03. The Morgan fingerprint density at radius 3 is 2.19 bits per heavy atom. The lowest BCUT2D eigenvalue weighted by Crippen LogP contribution is -2.23. The van der Waals surface area contributed by atoms with Crippen LogP contribution in [0.25, 0.3) is 0 Å². The van der Waals surface area contributed by atoms with Gasteiger partial charge in [-0.1, -0.05) is 70.4 Å². The minimum atomic E-state index is 0.588. The standard InChI is InChI=1S/C15H27N/c1-2-3-4-5-6-7-8-9-12-15-13-10-11-14-16-15/h10-11,13-16H,2-9,12H2,1H3. The molecule has 0 aromatic carbocycles. The molecule has 0 amide bonds. The van der Waals surface area contributed by atoms with Crippen LogP contribution in [-0.4, -0.2) is 6.04 Å². The number of hydrogen-bond acceptors (Lipinski definition) is 1. The topological polar surface area (TPSA) is 12.0 Å². The molecule has 1 unspecified atom stereocenters. The number of rotatable bonds is 9. The average Bonchev–Trinajstić information content (AvgIpc) is 2.34. The normalized spacial score (nSPS) is 18.7. The first kappa shape index (κ1) is 13.3. The van der Waals surface area contributed by atoms with Crippen LogP contribution in [0.3, 0.4) is 0 Å². The van der Waals surface area contributed by atoms with Crippen molar-refractivity contribution in [3.05, 3.63) is 24.4 Å². The van der Waals surface area contributed by atoms with Crippen LogP contribution in [0.1, 0.15) is 64.7 Å². The molecule has 92 valence electrons. The molecular formula is C15H27N. The van der Waals surface area contributed by atoms with Crippen LogP contribution in [0.4, 0.5) is 0 Å². The number of hydrogen-bond donors (Lipinski definition) is 1. The fraction of sp³-hybridized carbons (Fsp3) is 0.733. The predicted octanol–water partition coefficient (Wildman–Crippen LogP) is 4.56. The smallest absolute Gasteiger partial charge is 0.0442 e. The summed E-state index contributed by atoms with van der Waals surface area (Å²) in [4.78, 5) is 0. The number of allylic oxidation sites excluding steroid dienone is 2. The third kappa shape index (κ3) is 6.71. The highest BCUT2D eigenvalue weighted by Crippen LogP contribution is 2.11. The molecule has 16 heavy (non-hydrogen) atoms. The van der Waals surface area contributed by atoms with Gasteiger partial charge in [0.15, 0.2) is 0 Å². The SMILES string of the molecule is CCCCCCCCCCC1C=CC=CN1. The van der Waals surface area contributed by atoms with Crippen molar-refractivity contribution in [1.82, 2.24) is 5.32 Å². The Morgan fingerprint density at radius 2 is 1.56 bits per heavy atom. The van der Waals surface area contributed by atoms with E-state index in [-0.39, 0.29) is 0 Å². The van der Waals surface area contributed by atoms with Gasteiger partial charge in [-0.3, -0.25) is 0 Å². The summed E-state index contributed by atoms with van der Waals surface area (Å²) in [5.41, 5.74) is 0. The molecule has 0 spiro atoms. The Balaban J connectivity index is 1.81. The third-order valence-electron chi connectivity index (χ3n) is 3.23. The molecule has 0 bridgehead atoms. The largest absolute Gasteiger partial charge is 0.385 e. The molecule has 1 heterocycles. The highest BCUT2D eigenvalue weighted by atomic mass is 14.9. The number of dihydropyridines is 1. The Morgan fingerprint density at radius 1 is 0.875 bits per heavy atom. The van der Waals surface area contributed by atoms with Crippen LogP contribution in [0.2, 0.25) is 0 Å². The van der Waals surface area contributed by atoms with E-state index in [0.717, 1.165) is 0 Å². The van der Waals surface area contributed by atoms with Crippen molar-refractivity contribution >= 4 is 0 Å². The van der Waals surface area contributed by atoms with Gasteiger partial charge in [-0.25, -0.2) is 0 Å². The second kappa shape index (κ2) is 9.50. The lowest BCUT2D eigenvalue weighted by Gasteiger charge is -2.15. The van der Waals surface area contributed by atoms with Crippen molar-refractivity contribution in [3.63, 3.8) is 0 Å². The summed E-state index contributed by atoms with van der Waals surface area (Å²) in [6, 6.07) is 0.588. The van der Waals surface area contributed by atoms with Crippen LogP contribution in [0.5, 0.6) is 0 Å². The summed E-state index contributed by atoms with van der Waals surface area (Å²) in [6.07, 6.45) is 21.1. The van der Waals surface area contributed by atoms with Crippen molar-refractivity contribution in [1.29, 1.82) is 0 Å². The van der Waals surface area contributed by atoms with Gasteiger partial charge in [-0.05, 0) is 18.7 Å². The molecule has 1 aliphatic heterocycles. The number of unbranched alkanes of at least 4 members (excludes halogenated alkanes) is 7. The zero-order valence-electron chi connectivity index (χ0n) is 10.8. The van der Waals surface area contributed by atoms with Gasteiger partial charge in [0, 0.05) is 6.04 Å². The van der Waals surface area contributed by atoms with Gasteiger partial charge in [0.05, 0.1) is 0 Å². The van der Waals surface area contributed by atoms with Gasteiger partial charge >= 0.3 is 0 Å². The van der Waals surface area contributed by atoms with Crippen LogP contribution < -0.4 is 5.32 Å². The maximum Gasteiger partial charge on any atom is 0.0442 e. The summed E-state index contributed by atoms with van der Waals surface area (Å²) in [5.74, 6) is 0. The first-order chi connectivity index (χ1) is 7.93. The Kier molecular flexibility index (Phi) is 7.93. The van der Waals surface area contributed by atoms with Crippen LogP contribution in [0, 0.1) is 0 Å². The van der Waals surface area contributed by atoms with E-state index >= 15 is 0 Å². The molecular weight excluding hydrogens is 194 g/mol. The van der Waals surface area contributed by atoms with E-state index in [9.17, 15) is 0 Å². The molecule has 0 aromatic heterocycles. The fourth-order valence-electron chi connectivity index (χ4n) is 2.17. The summed E-state index contributed by atoms with van der Waals surface area (Å²) >= 11 is 0. The molecule has 0 saturated carbocycles. The molecule has 1 nitrogen and oxygen atoms in total. The Labute approximate surface area is 101 Å². The molecule has 1 N–H and O–H groups in total. The molecule has 1 aliphatic rings. The van der Waals surface area contributed by atoms with Crippen LogP contribution in [0.15, 0.2) is 24.4 Å². The monoisotopic (exact) mass is 221 g/mol. The van der Waals surface area contributed by atoms with Crippen molar-refractivity contribution in [2.24, 2.45) is 0 Å². The van der Waals surface area contributed by atoms with Gasteiger partial charge in [0.1, 0.15) is 0 Å². The fourth-order valence-corrected chi connectivity index (χ4v) is 2.17. The predicted molar refractivity (Wildman–Crippen MR) is 72.4 cm³/mol. The van der Waals surface area contributed by atoms with E-state index in [1.165, 1.54) is 57.8 Å². The highest BCUT2D eigenvalue weighted by Gasteiger charge is 2.02. The second-order valence-corrected chi connectivity index (χ2v) is 4.78. The summed E-state index contributed by atoms with van der Waals surface area (Å²) in [7, 11) is 0. The van der Waals surface area contributed by atoms with Gasteiger partial charge in [-0.15, -0.1) is 0 Å². The minimum Gasteiger partial charge on any atom is -0.385 e. The number of nitrogens with one attached hydrogen (secondary N) is 1. The van der Waals surface area contributed by atoms with Gasteiger partial charge < -0.3 is 5.32 Å². The van der Waals surface area contributed by atoms with Crippen molar-refractivity contribution in [2.45, 2.75) is 70.8 Å². The van der Waals surface area contributed by atoms with Gasteiger partial charge in [0.2, 0.25) is 0 Å². The zero-order valence-corrected chi connectivity index (χ0v) is 10.8. The van der Waals surface area contributed by atoms with Crippen LogP contribution in [-0.2, 0) is 0 Å². The zero-order chi connectivity index (χ0) is 11.5. The van der Waals surface area contributed by atoms with Gasteiger partial charge in [-0.2, -0.15) is 0 Å². The van der Waals surface area contributed by atoms with Crippen molar-refractivity contribution in [3.8, 4) is 0 Å². The maximum atomic E-state index is 3.37. The maximum absolute atomic E-state index is 3.37. The average molecular weight is 221 g/mol. The molecule has 1 atom stereocenters. The molecule has 0 aromatic rings. The summed E-state index contributed by atoms with van der Waals surface area (Å²) in [6.45, 7) is 2.28. The molecule has 1 heteroatoms. The van der Waals surface area contributed by atoms with Crippen LogP contribution >= 0.6 is 0 Å². The Bertz CT molecular complexity index is 205. The van der Waals surface area contributed by atoms with Crippen molar-refractivity contribution < 1.29 is 0 Å². The molecule has 0 fully saturated rings. The van der Waals surface area contributed by atoms with E-state index in [1.807, 2.05) is 0 Å². The lowest BCUT2D eigenvalue weighted by molar-refractivity contribution is 0.534. The van der Waals surface area contributed by atoms with E-state index in [0.29, 0.717) is 6.04 Å². The van der Waals surface area contributed by atoms with E-state index < -0.39 is 0 Å². The molecule has 0 radical (unpaired) electrons. The first-order valence-electron chi connectivity index (χ1n) is 7.03.